The highest BCUT2D eigenvalue weighted by molar-refractivity contribution is 6.26. The number of rotatable bonds is 8. The first kappa shape index (κ1) is 18.2. The minimum atomic E-state index is -0.542. The monoisotopic (exact) mass is 313 g/mol. The molecule has 0 spiro atoms. The molecule has 1 aliphatic rings. The number of alkyl halides is 1. The van der Waals surface area contributed by atoms with E-state index in [2.05, 4.69) is 26.8 Å². The van der Waals surface area contributed by atoms with Gasteiger partial charge in [-0.1, -0.05) is 45.4 Å². The van der Waals surface area contributed by atoms with Crippen LogP contribution < -0.4 is 0 Å². The van der Waals surface area contributed by atoms with E-state index in [9.17, 15) is 4.79 Å². The van der Waals surface area contributed by atoms with Crippen LogP contribution in [0.25, 0.3) is 0 Å². The number of allylic oxidation sites excluding steroid dienone is 2. The van der Waals surface area contributed by atoms with E-state index >= 15 is 0 Å². The van der Waals surface area contributed by atoms with E-state index < -0.39 is 4.87 Å². The maximum atomic E-state index is 12.1. The number of carbonyl (C=O) groups excluding carboxylic acids is 1. The Morgan fingerprint density at radius 1 is 1.43 bits per heavy atom. The van der Waals surface area contributed by atoms with E-state index in [1.165, 1.54) is 5.57 Å². The average Bonchev–Trinajstić information content (AvgIpc) is 2.47. The van der Waals surface area contributed by atoms with Crippen molar-refractivity contribution in [1.82, 2.24) is 4.90 Å². The molecule has 120 valence electrons. The highest BCUT2D eigenvalue weighted by Gasteiger charge is 2.41. The van der Waals surface area contributed by atoms with Crippen LogP contribution in [0.3, 0.4) is 0 Å². The number of carbonyl (C=O) groups is 1. The predicted octanol–water partition coefficient (Wildman–Crippen LogP) is 4.27. The molecule has 0 aliphatic heterocycles. The summed E-state index contributed by atoms with van der Waals surface area (Å²) in [6, 6.07) is -0.127. The molecule has 0 aromatic rings. The van der Waals surface area contributed by atoms with Crippen molar-refractivity contribution in [3.63, 3.8) is 0 Å². The van der Waals surface area contributed by atoms with Gasteiger partial charge in [-0.05, 0) is 24.8 Å². The summed E-state index contributed by atoms with van der Waals surface area (Å²) in [6.07, 6.45) is 9.81. The van der Waals surface area contributed by atoms with Gasteiger partial charge >= 0.3 is 0 Å². The van der Waals surface area contributed by atoms with Crippen molar-refractivity contribution < 1.29 is 9.53 Å². The van der Waals surface area contributed by atoms with Gasteiger partial charge in [-0.3, -0.25) is 4.79 Å². The first-order chi connectivity index (χ1) is 10.00. The summed E-state index contributed by atoms with van der Waals surface area (Å²) in [5.41, 5.74) is 1.18. The van der Waals surface area contributed by atoms with E-state index in [1.807, 2.05) is 12.2 Å². The van der Waals surface area contributed by atoms with E-state index in [1.54, 1.807) is 11.8 Å². The molecule has 4 heteroatoms. The molecule has 0 aromatic heterocycles. The van der Waals surface area contributed by atoms with Crippen LogP contribution in [0.1, 0.15) is 53.4 Å². The van der Waals surface area contributed by atoms with Crippen molar-refractivity contribution >= 4 is 17.5 Å². The third-order valence-corrected chi connectivity index (χ3v) is 4.63. The van der Waals surface area contributed by atoms with Gasteiger partial charge in [-0.15, -0.1) is 11.6 Å². The number of unbranched alkanes of at least 4 members (excludes halogenated alkanes) is 1. The van der Waals surface area contributed by atoms with Crippen LogP contribution in [0.15, 0.2) is 23.8 Å². The lowest BCUT2D eigenvalue weighted by Gasteiger charge is -2.43. The summed E-state index contributed by atoms with van der Waals surface area (Å²) < 4.78 is 5.68. The zero-order chi connectivity index (χ0) is 15.9. The second kappa shape index (κ2) is 8.60. The Kier molecular flexibility index (Phi) is 7.47. The maximum absolute atomic E-state index is 12.1. The van der Waals surface area contributed by atoms with Crippen molar-refractivity contribution in [3.8, 4) is 0 Å². The molecule has 1 rings (SSSR count). The molecule has 0 radical (unpaired) electrons. The van der Waals surface area contributed by atoms with Crippen LogP contribution >= 0.6 is 11.6 Å². The van der Waals surface area contributed by atoms with Gasteiger partial charge in [0.25, 0.3) is 0 Å². The second-order valence-electron chi connectivity index (χ2n) is 5.52. The summed E-state index contributed by atoms with van der Waals surface area (Å²) >= 11 is 6.80. The van der Waals surface area contributed by atoms with Crippen molar-refractivity contribution in [2.75, 3.05) is 13.3 Å². The first-order valence-electron chi connectivity index (χ1n) is 7.92. The van der Waals surface area contributed by atoms with Crippen LogP contribution in [0.5, 0.6) is 0 Å². The first-order valence-corrected chi connectivity index (χ1v) is 8.30. The molecule has 0 bridgehead atoms. The molecule has 3 nitrogen and oxygen atoms in total. The van der Waals surface area contributed by atoms with Crippen LogP contribution in [0.2, 0.25) is 0 Å². The third-order valence-electron chi connectivity index (χ3n) is 4.03. The van der Waals surface area contributed by atoms with E-state index in [0.717, 1.165) is 25.7 Å². The summed E-state index contributed by atoms with van der Waals surface area (Å²) in [4.78, 5) is 13.3. The smallest absolute Gasteiger partial charge is 0.221 e. The maximum Gasteiger partial charge on any atom is 0.221 e. The molecule has 1 amide bonds. The van der Waals surface area contributed by atoms with Crippen LogP contribution in [-0.4, -0.2) is 35.1 Å². The minimum Gasteiger partial charge on any atom is -0.361 e. The molecule has 0 N–H and O–H groups in total. The Labute approximate surface area is 134 Å². The molecule has 1 aliphatic carbocycles. The van der Waals surface area contributed by atoms with Gasteiger partial charge in [0.1, 0.15) is 6.73 Å². The van der Waals surface area contributed by atoms with Gasteiger partial charge in [0, 0.05) is 13.5 Å². The Morgan fingerprint density at radius 3 is 2.67 bits per heavy atom. The highest BCUT2D eigenvalue weighted by atomic mass is 35.5. The van der Waals surface area contributed by atoms with Crippen molar-refractivity contribution in [3.05, 3.63) is 23.8 Å². The van der Waals surface area contributed by atoms with Crippen LogP contribution in [0, 0.1) is 0 Å². The van der Waals surface area contributed by atoms with Crippen molar-refractivity contribution in [1.29, 1.82) is 0 Å². The van der Waals surface area contributed by atoms with Crippen LogP contribution in [0.4, 0.5) is 0 Å². The van der Waals surface area contributed by atoms with Gasteiger partial charge in [0.15, 0.2) is 0 Å². The lowest BCUT2D eigenvalue weighted by molar-refractivity contribution is -0.137. The normalized spacial score (nSPS) is 24.8. The van der Waals surface area contributed by atoms with E-state index in [0.29, 0.717) is 13.3 Å². The molecule has 0 aromatic carbocycles. The second-order valence-corrected chi connectivity index (χ2v) is 6.22. The lowest BCUT2D eigenvalue weighted by atomic mass is 9.83. The standard InChI is InChI=1S/C17H28ClNO2/c1-5-8-12-21-13-19(14(4)20)16-15(6-2)10-9-11-17(16,18)7-3/h9-11,16H,5-8,12-13H2,1-4H3. The van der Waals surface area contributed by atoms with E-state index in [4.69, 9.17) is 16.3 Å². The fourth-order valence-electron chi connectivity index (χ4n) is 2.66. The number of nitrogens with zero attached hydrogens (tertiary/aromatic N) is 1. The fourth-order valence-corrected chi connectivity index (χ4v) is 2.99. The SMILES string of the molecule is CCCCOCN(C(C)=O)C1C(CC)=CC=CC1(Cl)CC. The summed E-state index contributed by atoms with van der Waals surface area (Å²) in [5.74, 6) is 0.00428. The number of hydrogen-bond acceptors (Lipinski definition) is 2. The number of hydrogen-bond donors (Lipinski definition) is 0. The van der Waals surface area contributed by atoms with Gasteiger partial charge in [0.05, 0.1) is 10.9 Å². The van der Waals surface area contributed by atoms with Crippen molar-refractivity contribution in [2.45, 2.75) is 64.3 Å². The summed E-state index contributed by atoms with van der Waals surface area (Å²) in [6.45, 7) is 8.84. The Bertz CT molecular complexity index is 406. The molecule has 2 atom stereocenters. The molecule has 0 saturated carbocycles. The van der Waals surface area contributed by atoms with Gasteiger partial charge in [-0.2, -0.15) is 0 Å². The number of amides is 1. The van der Waals surface area contributed by atoms with Crippen molar-refractivity contribution in [2.24, 2.45) is 0 Å². The van der Waals surface area contributed by atoms with Gasteiger partial charge in [-0.25, -0.2) is 0 Å². The molecule has 2 unspecified atom stereocenters. The molecule has 21 heavy (non-hydrogen) atoms. The topological polar surface area (TPSA) is 29.5 Å². The summed E-state index contributed by atoms with van der Waals surface area (Å²) in [5, 5.41) is 0. The summed E-state index contributed by atoms with van der Waals surface area (Å²) in [7, 11) is 0. The number of halogens is 1. The largest absolute Gasteiger partial charge is 0.361 e. The van der Waals surface area contributed by atoms with E-state index in [-0.39, 0.29) is 11.9 Å². The Balaban J connectivity index is 2.93. The Morgan fingerprint density at radius 2 is 2.14 bits per heavy atom. The number of ether oxygens (including phenoxy) is 1. The molecule has 0 heterocycles. The van der Waals surface area contributed by atoms with Gasteiger partial charge < -0.3 is 9.64 Å². The zero-order valence-corrected chi connectivity index (χ0v) is 14.4. The minimum absolute atomic E-state index is 0.00428. The average molecular weight is 314 g/mol. The third kappa shape index (κ3) is 4.58. The fraction of sp³-hybridized carbons (Fsp3) is 0.706. The lowest BCUT2D eigenvalue weighted by Crippen LogP contribution is -2.53. The highest BCUT2D eigenvalue weighted by Crippen LogP contribution is 2.38. The molecular weight excluding hydrogens is 286 g/mol. The Hall–Kier alpha value is -0.800. The van der Waals surface area contributed by atoms with Gasteiger partial charge in [0.2, 0.25) is 5.91 Å². The molecule has 0 saturated heterocycles. The quantitative estimate of drug-likeness (QED) is 0.380. The molecular formula is C17H28ClNO2. The molecule has 0 fully saturated rings. The zero-order valence-electron chi connectivity index (χ0n) is 13.7. The van der Waals surface area contributed by atoms with Crippen LogP contribution in [-0.2, 0) is 9.53 Å². The predicted molar refractivity (Wildman–Crippen MR) is 88.4 cm³/mol.